The summed E-state index contributed by atoms with van der Waals surface area (Å²) in [5.41, 5.74) is 2.11. The van der Waals surface area contributed by atoms with Crippen LogP contribution in [-0.2, 0) is 6.61 Å². The third-order valence-corrected chi connectivity index (χ3v) is 3.86. The second kappa shape index (κ2) is 6.41. The van der Waals surface area contributed by atoms with Crippen LogP contribution >= 0.6 is 11.3 Å². The molecule has 0 amide bonds. The average molecular weight is 297 g/mol. The van der Waals surface area contributed by atoms with Crippen LogP contribution in [0.15, 0.2) is 60.0 Å². The number of thiazole rings is 1. The Hall–Kier alpha value is -2.33. The van der Waals surface area contributed by atoms with Crippen LogP contribution in [0.1, 0.15) is 5.01 Å². The van der Waals surface area contributed by atoms with Crippen LogP contribution in [0.5, 0.6) is 11.5 Å². The highest BCUT2D eigenvalue weighted by Gasteiger charge is 2.07. The first-order chi connectivity index (χ1) is 10.4. The number of ether oxygens (including phenoxy) is 2. The van der Waals surface area contributed by atoms with Gasteiger partial charge in [0.15, 0.2) is 11.5 Å². The van der Waals surface area contributed by atoms with Crippen molar-refractivity contribution in [3.8, 4) is 22.8 Å². The van der Waals surface area contributed by atoms with E-state index in [1.807, 2.05) is 42.5 Å². The summed E-state index contributed by atoms with van der Waals surface area (Å²) in [5, 5.41) is 3.00. The van der Waals surface area contributed by atoms with Gasteiger partial charge in [-0.3, -0.25) is 0 Å². The maximum atomic E-state index is 5.79. The van der Waals surface area contributed by atoms with Crippen LogP contribution < -0.4 is 9.47 Å². The minimum Gasteiger partial charge on any atom is -0.493 e. The molecule has 21 heavy (non-hydrogen) atoms. The SMILES string of the molecule is COc1ccccc1OCc1nc(-c2ccccc2)cs1. The summed E-state index contributed by atoms with van der Waals surface area (Å²) in [6, 6.07) is 17.8. The van der Waals surface area contributed by atoms with Gasteiger partial charge in [-0.05, 0) is 12.1 Å². The average Bonchev–Trinajstić information content (AvgIpc) is 3.03. The molecule has 1 aromatic heterocycles. The summed E-state index contributed by atoms with van der Waals surface area (Å²) < 4.78 is 11.1. The van der Waals surface area contributed by atoms with Gasteiger partial charge >= 0.3 is 0 Å². The van der Waals surface area contributed by atoms with Gasteiger partial charge in [0.2, 0.25) is 0 Å². The Labute approximate surface area is 127 Å². The molecule has 0 aliphatic rings. The molecule has 4 heteroatoms. The zero-order chi connectivity index (χ0) is 14.5. The summed E-state index contributed by atoms with van der Waals surface area (Å²) in [6.07, 6.45) is 0. The fourth-order valence-corrected chi connectivity index (χ4v) is 2.71. The van der Waals surface area contributed by atoms with Crippen LogP contribution in [0.25, 0.3) is 11.3 Å². The Balaban J connectivity index is 1.71. The zero-order valence-electron chi connectivity index (χ0n) is 11.7. The van der Waals surface area contributed by atoms with Gasteiger partial charge in [-0.2, -0.15) is 0 Å². The predicted molar refractivity (Wildman–Crippen MR) is 84.9 cm³/mol. The van der Waals surface area contributed by atoms with Crippen molar-refractivity contribution in [2.24, 2.45) is 0 Å². The van der Waals surface area contributed by atoms with E-state index in [9.17, 15) is 0 Å². The highest BCUT2D eigenvalue weighted by atomic mass is 32.1. The van der Waals surface area contributed by atoms with E-state index in [1.165, 1.54) is 0 Å². The number of aromatic nitrogens is 1. The Morgan fingerprint density at radius 1 is 0.952 bits per heavy atom. The van der Waals surface area contributed by atoms with Gasteiger partial charge in [0.05, 0.1) is 12.8 Å². The van der Waals surface area contributed by atoms with Crippen molar-refractivity contribution >= 4 is 11.3 Å². The van der Waals surface area contributed by atoms with E-state index in [-0.39, 0.29) is 0 Å². The van der Waals surface area contributed by atoms with Crippen molar-refractivity contribution in [3.63, 3.8) is 0 Å². The van der Waals surface area contributed by atoms with Gasteiger partial charge in [-0.1, -0.05) is 42.5 Å². The van der Waals surface area contributed by atoms with Gasteiger partial charge < -0.3 is 9.47 Å². The molecule has 3 aromatic rings. The third-order valence-electron chi connectivity index (χ3n) is 3.04. The number of rotatable bonds is 5. The molecule has 0 spiro atoms. The predicted octanol–water partition coefficient (Wildman–Crippen LogP) is 4.40. The van der Waals surface area contributed by atoms with Gasteiger partial charge in [0.1, 0.15) is 11.6 Å². The quantitative estimate of drug-likeness (QED) is 0.699. The second-order valence-electron chi connectivity index (χ2n) is 4.43. The summed E-state index contributed by atoms with van der Waals surface area (Å²) in [5.74, 6) is 1.47. The lowest BCUT2D eigenvalue weighted by Gasteiger charge is -2.08. The lowest BCUT2D eigenvalue weighted by molar-refractivity contribution is 0.284. The Morgan fingerprint density at radius 3 is 2.43 bits per heavy atom. The molecule has 0 unspecified atom stereocenters. The highest BCUT2D eigenvalue weighted by molar-refractivity contribution is 7.09. The maximum absolute atomic E-state index is 5.79. The monoisotopic (exact) mass is 297 g/mol. The molecule has 0 saturated carbocycles. The number of benzene rings is 2. The topological polar surface area (TPSA) is 31.4 Å². The molecule has 2 aromatic carbocycles. The van der Waals surface area contributed by atoms with E-state index in [1.54, 1.807) is 18.4 Å². The van der Waals surface area contributed by atoms with Crippen LogP contribution in [0.3, 0.4) is 0 Å². The summed E-state index contributed by atoms with van der Waals surface area (Å²) in [7, 11) is 1.64. The smallest absolute Gasteiger partial charge is 0.161 e. The third kappa shape index (κ3) is 3.23. The summed E-state index contributed by atoms with van der Waals surface area (Å²) in [4.78, 5) is 4.60. The molecule has 106 valence electrons. The first kappa shape index (κ1) is 13.6. The highest BCUT2D eigenvalue weighted by Crippen LogP contribution is 2.28. The molecular formula is C17H15NO2S. The largest absolute Gasteiger partial charge is 0.493 e. The number of para-hydroxylation sites is 2. The van der Waals surface area contributed by atoms with Crippen molar-refractivity contribution in [2.45, 2.75) is 6.61 Å². The van der Waals surface area contributed by atoms with Crippen molar-refractivity contribution < 1.29 is 9.47 Å². The molecule has 0 atom stereocenters. The molecule has 1 heterocycles. The van der Waals surface area contributed by atoms with E-state index in [2.05, 4.69) is 22.5 Å². The van der Waals surface area contributed by atoms with Crippen molar-refractivity contribution in [1.29, 1.82) is 0 Å². The van der Waals surface area contributed by atoms with E-state index in [0.717, 1.165) is 27.8 Å². The standard InChI is InChI=1S/C17H15NO2S/c1-19-15-9-5-6-10-16(15)20-11-17-18-14(12-21-17)13-7-3-2-4-8-13/h2-10,12H,11H2,1H3. The van der Waals surface area contributed by atoms with Crippen molar-refractivity contribution in [1.82, 2.24) is 4.98 Å². The fourth-order valence-electron chi connectivity index (χ4n) is 2.00. The Kier molecular flexibility index (Phi) is 4.17. The second-order valence-corrected chi connectivity index (χ2v) is 5.37. The minimum absolute atomic E-state index is 0.442. The van der Waals surface area contributed by atoms with Gasteiger partial charge in [-0.25, -0.2) is 4.98 Å². The normalized spacial score (nSPS) is 10.3. The number of hydrogen-bond donors (Lipinski definition) is 0. The lowest BCUT2D eigenvalue weighted by Crippen LogP contribution is -1.97. The first-order valence-corrected chi connectivity index (χ1v) is 7.50. The van der Waals surface area contributed by atoms with Gasteiger partial charge in [-0.15, -0.1) is 11.3 Å². The fraction of sp³-hybridized carbons (Fsp3) is 0.118. The molecule has 3 nitrogen and oxygen atoms in total. The molecule has 0 bridgehead atoms. The molecule has 0 N–H and O–H groups in total. The molecule has 0 aliphatic carbocycles. The molecule has 0 fully saturated rings. The maximum Gasteiger partial charge on any atom is 0.161 e. The Morgan fingerprint density at radius 2 is 1.67 bits per heavy atom. The van der Waals surface area contributed by atoms with Crippen LogP contribution in [0, 0.1) is 0 Å². The molecule has 3 rings (SSSR count). The lowest BCUT2D eigenvalue weighted by atomic mass is 10.2. The number of nitrogens with zero attached hydrogens (tertiary/aromatic N) is 1. The molecule has 0 aliphatic heterocycles. The zero-order valence-corrected chi connectivity index (χ0v) is 12.5. The van der Waals surface area contributed by atoms with Crippen LogP contribution in [0.4, 0.5) is 0 Å². The van der Waals surface area contributed by atoms with E-state index >= 15 is 0 Å². The van der Waals surface area contributed by atoms with Crippen LogP contribution in [-0.4, -0.2) is 12.1 Å². The van der Waals surface area contributed by atoms with E-state index < -0.39 is 0 Å². The molecule has 0 radical (unpaired) electrons. The van der Waals surface area contributed by atoms with Crippen molar-refractivity contribution in [2.75, 3.05) is 7.11 Å². The molecular weight excluding hydrogens is 282 g/mol. The van der Waals surface area contributed by atoms with E-state index in [4.69, 9.17) is 9.47 Å². The summed E-state index contributed by atoms with van der Waals surface area (Å²) >= 11 is 1.60. The minimum atomic E-state index is 0.442. The number of hydrogen-bond acceptors (Lipinski definition) is 4. The first-order valence-electron chi connectivity index (χ1n) is 6.62. The van der Waals surface area contributed by atoms with Gasteiger partial charge in [0, 0.05) is 10.9 Å². The van der Waals surface area contributed by atoms with Crippen LogP contribution in [0.2, 0.25) is 0 Å². The van der Waals surface area contributed by atoms with Gasteiger partial charge in [0.25, 0.3) is 0 Å². The number of methoxy groups -OCH3 is 1. The van der Waals surface area contributed by atoms with E-state index in [0.29, 0.717) is 6.61 Å². The summed E-state index contributed by atoms with van der Waals surface area (Å²) in [6.45, 7) is 0.442. The Bertz CT molecular complexity index is 710. The molecule has 0 saturated heterocycles. The van der Waals surface area contributed by atoms with Crippen molar-refractivity contribution in [3.05, 3.63) is 65.0 Å².